The number of rotatable bonds is 7. The maximum Gasteiger partial charge on any atom is 0.286 e. The first-order valence-electron chi connectivity index (χ1n) is 7.78. The average Bonchev–Trinajstić information content (AvgIpc) is 3.16. The lowest BCUT2D eigenvalue weighted by Crippen LogP contribution is -2.47. The van der Waals surface area contributed by atoms with Gasteiger partial charge in [0.2, 0.25) is 5.91 Å². The maximum absolute atomic E-state index is 12.8. The number of hydrogen-bond donors (Lipinski definition) is 3. The van der Waals surface area contributed by atoms with E-state index in [1.54, 1.807) is 6.07 Å². The normalized spacial score (nSPS) is 11.3. The fourth-order valence-corrected chi connectivity index (χ4v) is 1.85. The van der Waals surface area contributed by atoms with Crippen LogP contribution in [0, 0.1) is 5.82 Å². The van der Waals surface area contributed by atoms with Gasteiger partial charge in [-0.2, -0.15) is 0 Å². The molecule has 8 nitrogen and oxygen atoms in total. The Morgan fingerprint density at radius 1 is 1.15 bits per heavy atom. The first-order chi connectivity index (χ1) is 12.5. The van der Waals surface area contributed by atoms with Crippen LogP contribution in [0.4, 0.5) is 4.39 Å². The highest BCUT2D eigenvalue weighted by atomic mass is 19.1. The van der Waals surface area contributed by atoms with Gasteiger partial charge in [-0.05, 0) is 43.3 Å². The van der Waals surface area contributed by atoms with Crippen molar-refractivity contribution in [3.8, 4) is 5.75 Å². The van der Waals surface area contributed by atoms with Crippen LogP contribution in [0.1, 0.15) is 23.9 Å². The van der Waals surface area contributed by atoms with Crippen LogP contribution in [-0.2, 0) is 9.59 Å². The number of carbonyl (C=O) groups is 3. The van der Waals surface area contributed by atoms with E-state index in [0.717, 1.165) is 0 Å². The topological polar surface area (TPSA) is 110 Å². The number of furan rings is 1. The van der Waals surface area contributed by atoms with Crippen LogP contribution in [0.5, 0.6) is 5.75 Å². The van der Waals surface area contributed by atoms with Gasteiger partial charge in [0.15, 0.2) is 11.9 Å². The van der Waals surface area contributed by atoms with E-state index in [4.69, 9.17) is 9.15 Å². The van der Waals surface area contributed by atoms with E-state index in [9.17, 15) is 18.8 Å². The molecule has 1 atom stereocenters. The second kappa shape index (κ2) is 9.21. The molecule has 0 fully saturated rings. The molecule has 3 N–H and O–H groups in total. The van der Waals surface area contributed by atoms with Crippen LogP contribution < -0.4 is 20.9 Å². The Bertz CT molecular complexity index is 746. The number of ether oxygens (including phenoxy) is 1. The molecule has 0 spiro atoms. The summed E-state index contributed by atoms with van der Waals surface area (Å²) in [6.45, 7) is 1.55. The van der Waals surface area contributed by atoms with Crippen molar-refractivity contribution in [1.82, 2.24) is 16.2 Å². The first kappa shape index (κ1) is 19.0. The van der Waals surface area contributed by atoms with Crippen molar-refractivity contribution in [2.45, 2.75) is 19.4 Å². The van der Waals surface area contributed by atoms with Gasteiger partial charge < -0.3 is 14.5 Å². The molecule has 1 heterocycles. The Labute approximate surface area is 148 Å². The van der Waals surface area contributed by atoms with E-state index in [1.807, 2.05) is 0 Å². The van der Waals surface area contributed by atoms with Crippen molar-refractivity contribution < 1.29 is 27.9 Å². The fourth-order valence-electron chi connectivity index (χ4n) is 1.85. The van der Waals surface area contributed by atoms with E-state index in [2.05, 4.69) is 16.2 Å². The van der Waals surface area contributed by atoms with Crippen molar-refractivity contribution in [3.63, 3.8) is 0 Å². The number of halogens is 1. The summed E-state index contributed by atoms with van der Waals surface area (Å²) in [5, 5.41) is 2.50. The van der Waals surface area contributed by atoms with Crippen molar-refractivity contribution >= 4 is 17.7 Å². The van der Waals surface area contributed by atoms with Crippen LogP contribution in [0.3, 0.4) is 0 Å². The van der Waals surface area contributed by atoms with Crippen LogP contribution in [0.15, 0.2) is 47.1 Å². The summed E-state index contributed by atoms with van der Waals surface area (Å²) < 4.78 is 23.0. The molecule has 0 saturated heterocycles. The van der Waals surface area contributed by atoms with Crippen molar-refractivity contribution in [2.24, 2.45) is 0 Å². The molecule has 0 aliphatic rings. The highest BCUT2D eigenvalue weighted by Gasteiger charge is 2.15. The van der Waals surface area contributed by atoms with Crippen LogP contribution >= 0.6 is 0 Å². The van der Waals surface area contributed by atoms with Crippen molar-refractivity contribution in [3.05, 3.63) is 54.2 Å². The van der Waals surface area contributed by atoms with Gasteiger partial charge in [-0.1, -0.05) is 0 Å². The molecular weight excluding hydrogens is 345 g/mol. The first-order valence-corrected chi connectivity index (χ1v) is 7.78. The minimum absolute atomic E-state index is 0.0417. The third-order valence-corrected chi connectivity index (χ3v) is 3.20. The van der Waals surface area contributed by atoms with Gasteiger partial charge in [-0.25, -0.2) is 4.39 Å². The van der Waals surface area contributed by atoms with Gasteiger partial charge in [0, 0.05) is 13.0 Å². The number of hydrogen-bond acceptors (Lipinski definition) is 5. The second-order valence-corrected chi connectivity index (χ2v) is 5.23. The summed E-state index contributed by atoms with van der Waals surface area (Å²) in [5.74, 6) is -1.46. The minimum Gasteiger partial charge on any atom is -0.481 e. The third kappa shape index (κ3) is 5.93. The largest absolute Gasteiger partial charge is 0.481 e. The lowest BCUT2D eigenvalue weighted by molar-refractivity contribution is -0.132. The van der Waals surface area contributed by atoms with E-state index in [0.29, 0.717) is 5.75 Å². The Balaban J connectivity index is 1.65. The molecule has 138 valence electrons. The smallest absolute Gasteiger partial charge is 0.286 e. The monoisotopic (exact) mass is 363 g/mol. The molecule has 26 heavy (non-hydrogen) atoms. The third-order valence-electron chi connectivity index (χ3n) is 3.20. The molecular formula is C17H18FN3O5. The Morgan fingerprint density at radius 2 is 1.88 bits per heavy atom. The Hall–Kier alpha value is -3.36. The van der Waals surface area contributed by atoms with Gasteiger partial charge in [-0.3, -0.25) is 25.2 Å². The molecule has 1 unspecified atom stereocenters. The zero-order valence-corrected chi connectivity index (χ0v) is 14.0. The Kier molecular flexibility index (Phi) is 6.72. The lowest BCUT2D eigenvalue weighted by Gasteiger charge is -2.15. The second-order valence-electron chi connectivity index (χ2n) is 5.23. The van der Waals surface area contributed by atoms with E-state index in [1.165, 1.54) is 43.5 Å². The SMILES string of the molecule is CC(Oc1ccc(F)cc1)C(=O)NNC(=O)CCNC(=O)c1ccco1. The molecule has 2 rings (SSSR count). The predicted octanol–water partition coefficient (Wildman–Crippen LogP) is 1.15. The van der Waals surface area contributed by atoms with Gasteiger partial charge in [0.25, 0.3) is 11.8 Å². The van der Waals surface area contributed by atoms with E-state index >= 15 is 0 Å². The molecule has 1 aromatic carbocycles. The molecule has 0 aliphatic carbocycles. The summed E-state index contributed by atoms with van der Waals surface area (Å²) in [5.41, 5.74) is 4.42. The summed E-state index contributed by atoms with van der Waals surface area (Å²) in [7, 11) is 0. The summed E-state index contributed by atoms with van der Waals surface area (Å²) in [6.07, 6.45) is 0.422. The molecule has 0 bridgehead atoms. The molecule has 0 aliphatic heterocycles. The van der Waals surface area contributed by atoms with Gasteiger partial charge in [0.1, 0.15) is 11.6 Å². The molecule has 1 aromatic heterocycles. The van der Waals surface area contributed by atoms with Crippen LogP contribution in [0.2, 0.25) is 0 Å². The summed E-state index contributed by atoms with van der Waals surface area (Å²) in [6, 6.07) is 8.26. The fraction of sp³-hybridized carbons (Fsp3) is 0.235. The zero-order chi connectivity index (χ0) is 18.9. The predicted molar refractivity (Wildman–Crippen MR) is 88.4 cm³/mol. The van der Waals surface area contributed by atoms with Crippen molar-refractivity contribution in [1.29, 1.82) is 0 Å². The van der Waals surface area contributed by atoms with E-state index < -0.39 is 29.6 Å². The standard InChI is InChI=1S/C17H18FN3O5/c1-11(26-13-6-4-12(18)5-7-13)16(23)21-20-15(22)8-9-19-17(24)14-3-2-10-25-14/h2-7,10-11H,8-9H2,1H3,(H,19,24)(H,20,22)(H,21,23). The molecule has 9 heteroatoms. The van der Waals surface area contributed by atoms with Crippen LogP contribution in [-0.4, -0.2) is 30.4 Å². The van der Waals surface area contributed by atoms with E-state index in [-0.39, 0.29) is 18.7 Å². The molecule has 3 amide bonds. The molecule has 0 radical (unpaired) electrons. The van der Waals surface area contributed by atoms with Crippen LogP contribution in [0.25, 0.3) is 0 Å². The van der Waals surface area contributed by atoms with Gasteiger partial charge in [-0.15, -0.1) is 0 Å². The number of amides is 3. The zero-order valence-electron chi connectivity index (χ0n) is 14.0. The Morgan fingerprint density at radius 3 is 2.54 bits per heavy atom. The number of nitrogens with one attached hydrogen (secondary N) is 3. The van der Waals surface area contributed by atoms with Crippen molar-refractivity contribution in [2.75, 3.05) is 6.54 Å². The minimum atomic E-state index is -0.903. The lowest BCUT2D eigenvalue weighted by atomic mass is 10.3. The van der Waals surface area contributed by atoms with Gasteiger partial charge in [0.05, 0.1) is 6.26 Å². The quantitative estimate of drug-likeness (QED) is 0.640. The molecule has 0 saturated carbocycles. The number of benzene rings is 1. The van der Waals surface area contributed by atoms with Gasteiger partial charge >= 0.3 is 0 Å². The molecule has 2 aromatic rings. The number of hydrazine groups is 1. The number of carbonyl (C=O) groups excluding carboxylic acids is 3. The highest BCUT2D eigenvalue weighted by Crippen LogP contribution is 2.12. The highest BCUT2D eigenvalue weighted by molar-refractivity contribution is 5.91. The summed E-state index contributed by atoms with van der Waals surface area (Å²) in [4.78, 5) is 35.1. The summed E-state index contributed by atoms with van der Waals surface area (Å²) >= 11 is 0. The average molecular weight is 363 g/mol. The maximum atomic E-state index is 12.8.